The predicted molar refractivity (Wildman–Crippen MR) is 49.9 cm³/mol. The molecular formula is C9H20N2O. The molecule has 0 bridgehead atoms. The van der Waals surface area contributed by atoms with Crippen LogP contribution < -0.4 is 5.73 Å². The first-order valence-corrected chi connectivity index (χ1v) is 4.83. The van der Waals surface area contributed by atoms with Gasteiger partial charge in [-0.3, -0.25) is 0 Å². The van der Waals surface area contributed by atoms with Gasteiger partial charge >= 0.3 is 0 Å². The van der Waals surface area contributed by atoms with E-state index in [1.807, 2.05) is 6.92 Å². The highest BCUT2D eigenvalue weighted by atomic mass is 16.3. The molecular weight excluding hydrogens is 152 g/mol. The van der Waals surface area contributed by atoms with Gasteiger partial charge in [-0.15, -0.1) is 0 Å². The van der Waals surface area contributed by atoms with Crippen LogP contribution in [0.5, 0.6) is 0 Å². The van der Waals surface area contributed by atoms with Crippen LogP contribution in [0.2, 0.25) is 0 Å². The highest BCUT2D eigenvalue weighted by molar-refractivity contribution is 4.74. The molecule has 1 fully saturated rings. The largest absolute Gasteiger partial charge is 0.392 e. The Labute approximate surface area is 74.5 Å². The van der Waals surface area contributed by atoms with Crippen LogP contribution in [0.4, 0.5) is 0 Å². The summed E-state index contributed by atoms with van der Waals surface area (Å²) in [4.78, 5) is 2.31. The van der Waals surface area contributed by atoms with Gasteiger partial charge in [0, 0.05) is 13.1 Å². The highest BCUT2D eigenvalue weighted by Crippen LogP contribution is 2.14. The SMILES string of the molecule is CC(O)CN1CCCC(CN)C1. The van der Waals surface area contributed by atoms with E-state index in [0.717, 1.165) is 26.2 Å². The molecule has 1 aliphatic heterocycles. The molecule has 3 N–H and O–H groups in total. The van der Waals surface area contributed by atoms with Gasteiger partial charge in [-0.1, -0.05) is 0 Å². The molecule has 2 atom stereocenters. The quantitative estimate of drug-likeness (QED) is 0.632. The van der Waals surface area contributed by atoms with E-state index in [1.165, 1.54) is 12.8 Å². The van der Waals surface area contributed by atoms with Crippen LogP contribution in [0.15, 0.2) is 0 Å². The van der Waals surface area contributed by atoms with Crippen molar-refractivity contribution in [1.82, 2.24) is 4.90 Å². The number of nitrogens with zero attached hydrogens (tertiary/aromatic N) is 1. The summed E-state index contributed by atoms with van der Waals surface area (Å²) in [5, 5.41) is 9.19. The summed E-state index contributed by atoms with van der Waals surface area (Å²) in [6, 6.07) is 0. The number of nitrogens with two attached hydrogens (primary N) is 1. The van der Waals surface area contributed by atoms with Crippen molar-refractivity contribution < 1.29 is 5.11 Å². The van der Waals surface area contributed by atoms with Crippen molar-refractivity contribution >= 4 is 0 Å². The van der Waals surface area contributed by atoms with Crippen LogP contribution in [0.1, 0.15) is 19.8 Å². The van der Waals surface area contributed by atoms with Crippen LogP contribution in [0.3, 0.4) is 0 Å². The summed E-state index contributed by atoms with van der Waals surface area (Å²) >= 11 is 0. The van der Waals surface area contributed by atoms with Gasteiger partial charge in [-0.05, 0) is 38.8 Å². The van der Waals surface area contributed by atoms with Crippen LogP contribution in [0.25, 0.3) is 0 Å². The fraction of sp³-hybridized carbons (Fsp3) is 1.00. The molecule has 1 saturated heterocycles. The van der Waals surface area contributed by atoms with Crippen LogP contribution in [0, 0.1) is 5.92 Å². The molecule has 3 nitrogen and oxygen atoms in total. The predicted octanol–water partition coefficient (Wildman–Crippen LogP) is 0.0379. The molecule has 1 heterocycles. The van der Waals surface area contributed by atoms with Gasteiger partial charge in [0.1, 0.15) is 0 Å². The van der Waals surface area contributed by atoms with E-state index in [-0.39, 0.29) is 6.10 Å². The van der Waals surface area contributed by atoms with Crippen molar-refractivity contribution in [1.29, 1.82) is 0 Å². The zero-order valence-electron chi connectivity index (χ0n) is 7.87. The Morgan fingerprint density at radius 3 is 3.00 bits per heavy atom. The second-order valence-electron chi connectivity index (χ2n) is 3.85. The van der Waals surface area contributed by atoms with Crippen LogP contribution in [-0.2, 0) is 0 Å². The molecule has 1 rings (SSSR count). The molecule has 12 heavy (non-hydrogen) atoms. The van der Waals surface area contributed by atoms with E-state index in [2.05, 4.69) is 4.90 Å². The maximum atomic E-state index is 9.19. The van der Waals surface area contributed by atoms with Gasteiger partial charge < -0.3 is 15.7 Å². The molecule has 2 unspecified atom stereocenters. The normalized spacial score (nSPS) is 28.8. The molecule has 72 valence electrons. The Balaban J connectivity index is 2.25. The minimum Gasteiger partial charge on any atom is -0.392 e. The summed E-state index contributed by atoms with van der Waals surface area (Å²) < 4.78 is 0. The molecule has 0 radical (unpaired) electrons. The zero-order valence-corrected chi connectivity index (χ0v) is 7.87. The Hall–Kier alpha value is -0.120. The average Bonchev–Trinajstić information content (AvgIpc) is 2.03. The summed E-state index contributed by atoms with van der Waals surface area (Å²) in [5.74, 6) is 0.650. The van der Waals surface area contributed by atoms with Gasteiger partial charge in [-0.25, -0.2) is 0 Å². The number of hydrogen-bond donors (Lipinski definition) is 2. The molecule has 1 aliphatic rings. The first-order valence-electron chi connectivity index (χ1n) is 4.83. The Bertz CT molecular complexity index is 128. The van der Waals surface area contributed by atoms with E-state index in [0.29, 0.717) is 5.92 Å². The first-order chi connectivity index (χ1) is 5.72. The maximum absolute atomic E-state index is 9.19. The van der Waals surface area contributed by atoms with Crippen molar-refractivity contribution in [3.8, 4) is 0 Å². The van der Waals surface area contributed by atoms with Crippen LogP contribution >= 0.6 is 0 Å². The second-order valence-corrected chi connectivity index (χ2v) is 3.85. The number of aliphatic hydroxyl groups excluding tert-OH is 1. The Kier molecular flexibility index (Phi) is 3.98. The smallest absolute Gasteiger partial charge is 0.0639 e. The highest BCUT2D eigenvalue weighted by Gasteiger charge is 2.18. The van der Waals surface area contributed by atoms with Crippen molar-refractivity contribution in [3.63, 3.8) is 0 Å². The van der Waals surface area contributed by atoms with Crippen molar-refractivity contribution in [2.24, 2.45) is 11.7 Å². The molecule has 0 aliphatic carbocycles. The zero-order chi connectivity index (χ0) is 8.97. The molecule has 0 aromatic carbocycles. The van der Waals surface area contributed by atoms with E-state index >= 15 is 0 Å². The lowest BCUT2D eigenvalue weighted by Crippen LogP contribution is -2.41. The third-order valence-corrected chi connectivity index (χ3v) is 2.46. The maximum Gasteiger partial charge on any atom is 0.0639 e. The van der Waals surface area contributed by atoms with E-state index in [4.69, 9.17) is 5.73 Å². The van der Waals surface area contributed by atoms with Crippen LogP contribution in [-0.4, -0.2) is 42.3 Å². The molecule has 0 aromatic rings. The lowest BCUT2D eigenvalue weighted by Gasteiger charge is -2.32. The third-order valence-electron chi connectivity index (χ3n) is 2.46. The standard InChI is InChI=1S/C9H20N2O/c1-8(12)6-11-4-2-3-9(5-10)7-11/h8-9,12H,2-7,10H2,1H3. The lowest BCUT2D eigenvalue weighted by atomic mass is 9.98. The van der Waals surface area contributed by atoms with Gasteiger partial charge in [0.2, 0.25) is 0 Å². The third kappa shape index (κ3) is 3.09. The molecule has 0 aromatic heterocycles. The fourth-order valence-corrected chi connectivity index (χ4v) is 1.88. The monoisotopic (exact) mass is 172 g/mol. The van der Waals surface area contributed by atoms with Gasteiger partial charge in [0.15, 0.2) is 0 Å². The summed E-state index contributed by atoms with van der Waals surface area (Å²) in [6.45, 7) is 5.63. The minimum absolute atomic E-state index is 0.207. The van der Waals surface area contributed by atoms with Crippen molar-refractivity contribution in [2.75, 3.05) is 26.2 Å². The number of piperidine rings is 1. The summed E-state index contributed by atoms with van der Waals surface area (Å²) in [5.41, 5.74) is 5.61. The number of likely N-dealkylation sites (tertiary alicyclic amines) is 1. The fourth-order valence-electron chi connectivity index (χ4n) is 1.88. The number of rotatable bonds is 3. The summed E-state index contributed by atoms with van der Waals surface area (Å²) in [6.07, 6.45) is 2.28. The first kappa shape index (κ1) is 9.96. The topological polar surface area (TPSA) is 49.5 Å². The van der Waals surface area contributed by atoms with Gasteiger partial charge in [-0.2, -0.15) is 0 Å². The van der Waals surface area contributed by atoms with Gasteiger partial charge in [0.25, 0.3) is 0 Å². The number of β-amino-alcohol motifs (C(OH)–C–C–N with tert-alkyl or cyclic N) is 1. The Morgan fingerprint density at radius 2 is 2.42 bits per heavy atom. The van der Waals surface area contributed by atoms with E-state index < -0.39 is 0 Å². The number of aliphatic hydroxyl groups is 1. The number of hydrogen-bond acceptors (Lipinski definition) is 3. The van der Waals surface area contributed by atoms with E-state index in [1.54, 1.807) is 0 Å². The van der Waals surface area contributed by atoms with E-state index in [9.17, 15) is 5.11 Å². The summed E-state index contributed by atoms with van der Waals surface area (Å²) in [7, 11) is 0. The lowest BCUT2D eigenvalue weighted by molar-refractivity contribution is 0.0963. The van der Waals surface area contributed by atoms with Crippen molar-refractivity contribution in [3.05, 3.63) is 0 Å². The minimum atomic E-state index is -0.207. The molecule has 0 saturated carbocycles. The second kappa shape index (κ2) is 4.80. The molecule has 0 spiro atoms. The van der Waals surface area contributed by atoms with Gasteiger partial charge in [0.05, 0.1) is 6.10 Å². The van der Waals surface area contributed by atoms with Crippen molar-refractivity contribution in [2.45, 2.75) is 25.9 Å². The molecule has 3 heteroatoms. The average molecular weight is 172 g/mol. The Morgan fingerprint density at radius 1 is 1.67 bits per heavy atom. The molecule has 0 amide bonds.